The van der Waals surface area contributed by atoms with Crippen molar-refractivity contribution in [3.05, 3.63) is 75.1 Å². The Balaban J connectivity index is 1.62. The fourth-order valence-electron chi connectivity index (χ4n) is 4.39. The number of methoxy groups -OCH3 is 1. The maximum Gasteiger partial charge on any atom is 0.332 e. The molecular weight excluding hydrogens is 438 g/mol. The van der Waals surface area contributed by atoms with Crippen LogP contribution in [0.15, 0.2) is 58.3 Å². The fourth-order valence-corrected chi connectivity index (χ4v) is 4.39. The molecule has 0 N–H and O–H groups in total. The molecule has 0 unspecified atom stereocenters. The summed E-state index contributed by atoms with van der Waals surface area (Å²) in [6.07, 6.45) is 1.88. The molecule has 1 aliphatic heterocycles. The molecule has 4 heterocycles. The molecule has 0 atom stereocenters. The maximum absolute atomic E-state index is 13.0. The minimum absolute atomic E-state index is 0.201. The lowest BCUT2D eigenvalue weighted by atomic mass is 10.1. The molecule has 6 rings (SSSR count). The van der Waals surface area contributed by atoms with Gasteiger partial charge in [-0.3, -0.25) is 18.3 Å². The van der Waals surface area contributed by atoms with E-state index in [0.29, 0.717) is 35.0 Å². The van der Waals surface area contributed by atoms with Crippen molar-refractivity contribution >= 4 is 16.9 Å². The summed E-state index contributed by atoms with van der Waals surface area (Å²) < 4.78 is 22.5. The molecule has 0 aliphatic carbocycles. The van der Waals surface area contributed by atoms with Gasteiger partial charge < -0.3 is 18.8 Å². The Bertz CT molecular complexity index is 1700. The van der Waals surface area contributed by atoms with Gasteiger partial charge in [-0.2, -0.15) is 4.98 Å². The van der Waals surface area contributed by atoms with Crippen molar-refractivity contribution in [2.75, 3.05) is 13.9 Å². The van der Waals surface area contributed by atoms with Gasteiger partial charge >= 0.3 is 5.69 Å². The Labute approximate surface area is 192 Å². The predicted octanol–water partition coefficient (Wildman–Crippen LogP) is 2.14. The average molecular weight is 459 g/mol. The van der Waals surface area contributed by atoms with Gasteiger partial charge in [-0.05, 0) is 42.0 Å². The van der Waals surface area contributed by atoms with Gasteiger partial charge in [0.05, 0.1) is 19.3 Å². The zero-order chi connectivity index (χ0) is 23.6. The zero-order valence-corrected chi connectivity index (χ0v) is 18.8. The molecule has 172 valence electrons. The minimum atomic E-state index is -0.420. The van der Waals surface area contributed by atoms with Crippen molar-refractivity contribution in [3.8, 4) is 28.5 Å². The molecule has 34 heavy (non-hydrogen) atoms. The molecular formula is C24H21N5O5. The molecule has 0 fully saturated rings. The number of ether oxygens (including phenoxy) is 3. The van der Waals surface area contributed by atoms with Gasteiger partial charge in [0.25, 0.3) is 5.56 Å². The number of fused-ring (bicyclic) bond motifs is 4. The van der Waals surface area contributed by atoms with Gasteiger partial charge in [0, 0.05) is 25.9 Å². The quantitative estimate of drug-likeness (QED) is 0.409. The lowest BCUT2D eigenvalue weighted by Crippen LogP contribution is -2.37. The van der Waals surface area contributed by atoms with E-state index in [0.717, 1.165) is 27.1 Å². The molecule has 0 amide bonds. The van der Waals surface area contributed by atoms with E-state index in [1.165, 1.54) is 11.6 Å². The molecule has 0 saturated heterocycles. The summed E-state index contributed by atoms with van der Waals surface area (Å²) in [5.74, 6) is 2.70. The number of nitrogens with zero attached hydrogens (tertiary/aromatic N) is 5. The first-order valence-corrected chi connectivity index (χ1v) is 10.7. The predicted molar refractivity (Wildman–Crippen MR) is 125 cm³/mol. The first kappa shape index (κ1) is 20.2. The second-order valence-electron chi connectivity index (χ2n) is 8.18. The highest BCUT2D eigenvalue weighted by molar-refractivity contribution is 5.78. The Morgan fingerprint density at radius 3 is 2.53 bits per heavy atom. The molecule has 0 bridgehead atoms. The van der Waals surface area contributed by atoms with Gasteiger partial charge in [0.2, 0.25) is 12.6 Å². The lowest BCUT2D eigenvalue weighted by Gasteiger charge is -2.10. The summed E-state index contributed by atoms with van der Waals surface area (Å²) >= 11 is 0. The summed E-state index contributed by atoms with van der Waals surface area (Å²) in [7, 11) is 4.71. The van der Waals surface area contributed by atoms with Gasteiger partial charge in [-0.25, -0.2) is 4.79 Å². The van der Waals surface area contributed by atoms with Crippen molar-refractivity contribution in [1.82, 2.24) is 23.1 Å². The number of rotatable bonds is 4. The lowest BCUT2D eigenvalue weighted by molar-refractivity contribution is 0.174. The highest BCUT2D eigenvalue weighted by atomic mass is 16.7. The first-order valence-electron chi connectivity index (χ1n) is 10.7. The monoisotopic (exact) mass is 459 g/mol. The van der Waals surface area contributed by atoms with Crippen LogP contribution in [0.1, 0.15) is 5.56 Å². The molecule has 0 radical (unpaired) electrons. The topological polar surface area (TPSA) is 93.9 Å². The van der Waals surface area contributed by atoms with E-state index in [1.807, 2.05) is 53.2 Å². The third-order valence-corrected chi connectivity index (χ3v) is 6.22. The van der Waals surface area contributed by atoms with Gasteiger partial charge in [0.15, 0.2) is 22.7 Å². The molecule has 10 nitrogen and oxygen atoms in total. The van der Waals surface area contributed by atoms with Crippen LogP contribution in [-0.2, 0) is 20.6 Å². The van der Waals surface area contributed by atoms with Crippen LogP contribution in [0.4, 0.5) is 0 Å². The number of hydrogen-bond acceptors (Lipinski definition) is 6. The number of benzene rings is 2. The van der Waals surface area contributed by atoms with E-state index in [-0.39, 0.29) is 6.79 Å². The minimum Gasteiger partial charge on any atom is -0.497 e. The average Bonchev–Trinajstić information content (AvgIpc) is 3.56. The largest absolute Gasteiger partial charge is 0.497 e. The van der Waals surface area contributed by atoms with E-state index in [1.54, 1.807) is 18.6 Å². The summed E-state index contributed by atoms with van der Waals surface area (Å²) in [5, 5.41) is 0. The Hall–Kier alpha value is -4.47. The summed E-state index contributed by atoms with van der Waals surface area (Å²) in [6, 6.07) is 13.5. The van der Waals surface area contributed by atoms with Crippen LogP contribution in [0.5, 0.6) is 17.2 Å². The van der Waals surface area contributed by atoms with Crippen LogP contribution in [0.2, 0.25) is 0 Å². The molecule has 3 aromatic heterocycles. The molecule has 0 saturated carbocycles. The molecule has 0 spiro atoms. The highest BCUT2D eigenvalue weighted by Crippen LogP contribution is 2.34. The van der Waals surface area contributed by atoms with Crippen molar-refractivity contribution in [1.29, 1.82) is 0 Å². The summed E-state index contributed by atoms with van der Waals surface area (Å²) in [6.45, 7) is 0.665. The van der Waals surface area contributed by atoms with Crippen molar-refractivity contribution in [3.63, 3.8) is 0 Å². The Morgan fingerprint density at radius 1 is 1.00 bits per heavy atom. The number of hydrogen-bond donors (Lipinski definition) is 0. The molecule has 10 heteroatoms. The standard InChI is InChI=1S/C24H21N5O5/c1-26-21-20(22(30)27(2)24(26)31)29-12-17(15-5-7-16(32-3)8-6-15)28(23(29)25-21)11-14-4-9-18-19(10-14)34-13-33-18/h4-10,12H,11,13H2,1-3H3. The van der Waals surface area contributed by atoms with E-state index in [9.17, 15) is 9.59 Å². The molecule has 5 aromatic rings. The van der Waals surface area contributed by atoms with Crippen LogP contribution in [0.3, 0.4) is 0 Å². The van der Waals surface area contributed by atoms with Gasteiger partial charge in [-0.15, -0.1) is 0 Å². The van der Waals surface area contributed by atoms with E-state index < -0.39 is 11.2 Å². The number of imidazole rings is 2. The number of aryl methyl sites for hydroxylation is 1. The maximum atomic E-state index is 13.0. The fraction of sp³-hybridized carbons (Fsp3) is 0.208. The van der Waals surface area contributed by atoms with Crippen molar-refractivity contribution in [2.45, 2.75) is 6.54 Å². The van der Waals surface area contributed by atoms with E-state index in [4.69, 9.17) is 19.2 Å². The zero-order valence-electron chi connectivity index (χ0n) is 18.8. The Morgan fingerprint density at radius 2 is 1.76 bits per heavy atom. The molecule has 2 aromatic carbocycles. The van der Waals surface area contributed by atoms with Crippen molar-refractivity contribution < 1.29 is 14.2 Å². The smallest absolute Gasteiger partial charge is 0.332 e. The van der Waals surface area contributed by atoms with Crippen LogP contribution >= 0.6 is 0 Å². The first-order chi connectivity index (χ1) is 16.5. The summed E-state index contributed by atoms with van der Waals surface area (Å²) in [4.78, 5) is 30.2. The Kier molecular flexibility index (Phi) is 4.31. The van der Waals surface area contributed by atoms with Crippen molar-refractivity contribution in [2.24, 2.45) is 14.1 Å². The SMILES string of the molecule is COc1ccc(-c2cn3c4c(=O)n(C)c(=O)n(C)c4nc3n2Cc2ccc3c(c2)OCO3)cc1. The van der Waals surface area contributed by atoms with Gasteiger partial charge in [0.1, 0.15) is 5.75 Å². The van der Waals surface area contributed by atoms with Crippen LogP contribution in [0.25, 0.3) is 28.2 Å². The number of aromatic nitrogens is 5. The van der Waals surface area contributed by atoms with Crippen LogP contribution in [0, 0.1) is 0 Å². The second kappa shape index (κ2) is 7.27. The third kappa shape index (κ3) is 2.84. The summed E-state index contributed by atoms with van der Waals surface area (Å²) in [5.41, 5.74) is 2.64. The molecule has 1 aliphatic rings. The second-order valence-corrected chi connectivity index (χ2v) is 8.18. The highest BCUT2D eigenvalue weighted by Gasteiger charge is 2.22. The third-order valence-electron chi connectivity index (χ3n) is 6.22. The van der Waals surface area contributed by atoms with Crippen LogP contribution < -0.4 is 25.5 Å². The van der Waals surface area contributed by atoms with Gasteiger partial charge in [-0.1, -0.05) is 6.07 Å². The van der Waals surface area contributed by atoms with E-state index in [2.05, 4.69) is 0 Å². The van der Waals surface area contributed by atoms with E-state index >= 15 is 0 Å². The normalized spacial score (nSPS) is 12.7. The van der Waals surface area contributed by atoms with Crippen LogP contribution in [-0.4, -0.2) is 37.0 Å².